The number of hydrogen-bond acceptors (Lipinski definition) is 17. The van der Waals surface area contributed by atoms with Gasteiger partial charge in [0, 0.05) is 36.4 Å². The van der Waals surface area contributed by atoms with Crippen LogP contribution in [0, 0.1) is 23.7 Å². The van der Waals surface area contributed by atoms with Crippen molar-refractivity contribution in [3.8, 4) is 5.75 Å². The molecule has 14 amide bonds. The SMILES string of the molecule is CC(C)C[C@H](NC(=O)CNC(=O)CNC(=O)[C@H](CC(C)C)NC(=O)[C@H](C)NC(=O)CNC(=O)[C@H](Cc1c[nH]c2ccccc12)NC(=O)CN)C(=O)N[C@@H](Cc1ccc(O)cc1)C(=O)N[C@@H](C)C(=O)N[C@@H](CC(C)C)C(=O)N[C@@H](CC(C)C)C(=O)N[C@@H](C)C(=O)N[C@@H](CCC(N)=O)C(=O)O. The lowest BCUT2D eigenvalue weighted by atomic mass is 9.99. The van der Waals surface area contributed by atoms with Crippen LogP contribution in [-0.4, -0.2) is 190 Å². The summed E-state index contributed by atoms with van der Waals surface area (Å²) in [5.41, 5.74) is 12.6. The quantitative estimate of drug-likeness (QED) is 0.0277. The van der Waals surface area contributed by atoms with Crippen molar-refractivity contribution < 1.29 is 82.1 Å². The smallest absolute Gasteiger partial charge is 0.326 e. The number of nitrogens with two attached hydrogens (primary N) is 2. The molecule has 3 aromatic rings. The third kappa shape index (κ3) is 30.4. The molecule has 0 saturated carbocycles. The van der Waals surface area contributed by atoms with E-state index >= 15 is 0 Å². The molecule has 33 heteroatoms. The van der Waals surface area contributed by atoms with E-state index in [1.807, 2.05) is 24.3 Å². The van der Waals surface area contributed by atoms with Gasteiger partial charge in [0.1, 0.15) is 66.2 Å². The molecule has 0 unspecified atom stereocenters. The highest BCUT2D eigenvalue weighted by atomic mass is 16.4. The lowest BCUT2D eigenvalue weighted by Gasteiger charge is -2.28. The Morgan fingerprint density at radius 3 is 1.29 bits per heavy atom. The van der Waals surface area contributed by atoms with E-state index in [2.05, 4.69) is 74.1 Å². The molecule has 1 aromatic heterocycles. The zero-order chi connectivity index (χ0) is 74.4. The molecule has 10 atom stereocenters. The maximum Gasteiger partial charge on any atom is 0.326 e. The number of phenols is 1. The van der Waals surface area contributed by atoms with Crippen LogP contribution in [0.5, 0.6) is 5.75 Å². The molecule has 20 N–H and O–H groups in total. The van der Waals surface area contributed by atoms with Crippen molar-refractivity contribution in [3.63, 3.8) is 0 Å². The average molecular weight is 1390 g/mol. The third-order valence-corrected chi connectivity index (χ3v) is 15.2. The van der Waals surface area contributed by atoms with Gasteiger partial charge in [-0.15, -0.1) is 0 Å². The molecule has 0 aliphatic carbocycles. The van der Waals surface area contributed by atoms with E-state index in [9.17, 15) is 82.1 Å². The first-order chi connectivity index (χ1) is 46.5. The molecule has 99 heavy (non-hydrogen) atoms. The molecule has 0 fully saturated rings. The Bertz CT molecular complexity index is 3320. The first-order valence-corrected chi connectivity index (χ1v) is 32.8. The fourth-order valence-electron chi connectivity index (χ4n) is 10.0. The van der Waals surface area contributed by atoms with Crippen molar-refractivity contribution in [1.82, 2.24) is 74.1 Å². The second kappa shape index (κ2) is 41.1. The molecule has 0 aliphatic heterocycles. The molecule has 0 radical (unpaired) electrons. The van der Waals surface area contributed by atoms with Gasteiger partial charge in [0.15, 0.2) is 0 Å². The summed E-state index contributed by atoms with van der Waals surface area (Å²) in [7, 11) is 0. The van der Waals surface area contributed by atoms with Crippen LogP contribution in [0.25, 0.3) is 10.9 Å². The molecule has 546 valence electrons. The Morgan fingerprint density at radius 1 is 0.414 bits per heavy atom. The van der Waals surface area contributed by atoms with Gasteiger partial charge in [-0.05, 0) is 106 Å². The standard InChI is InChI=1S/C66H100N16O17/c1-33(2)22-46(79-57(89)37(9)73-55(87)32-72-61(93)51(76-53(85)28-67)27-41-29-69-44-15-13-12-14-43(41)44)60(92)71-30-54(86)70-31-56(88)77-47(23-34(3)4)64(96)82-50(26-40-16-18-42(83)19-17-40)63(95)75-39(11)59(91)80-49(25-36(7)8)65(97)81-48(24-35(5)6)62(94)74-38(10)58(90)78-45(66(98)99)20-21-52(68)84/h12-19,29,33-39,45-51,69,83H,20-28,30-32,67H2,1-11H3,(H2,68,84)(H,70,86)(H,71,92)(H,72,93)(H,73,87)(H,74,94)(H,75,95)(H,76,85)(H,77,88)(H,78,90)(H,79,89)(H,80,91)(H,81,97)(H,82,96)(H,98,99)/t37-,38-,39-,45-,46-,47-,48-,49-,50-,51-/m0/s1. The Balaban J connectivity index is 1.65. The number of aromatic amines is 1. The van der Waals surface area contributed by atoms with Gasteiger partial charge in [-0.25, -0.2) is 4.79 Å². The predicted octanol–water partition coefficient (Wildman–Crippen LogP) is -2.59. The topological polar surface area (TPSA) is 521 Å². The maximum absolute atomic E-state index is 14.2. The number of amides is 14. The summed E-state index contributed by atoms with van der Waals surface area (Å²) >= 11 is 0. The van der Waals surface area contributed by atoms with Gasteiger partial charge in [-0.1, -0.05) is 85.7 Å². The van der Waals surface area contributed by atoms with Gasteiger partial charge in [0.05, 0.1) is 26.2 Å². The summed E-state index contributed by atoms with van der Waals surface area (Å²) in [6, 6.07) is 0.0715. The number of carbonyl (C=O) groups excluding carboxylic acids is 14. The number of aliphatic carboxylic acids is 1. The number of H-pyrrole nitrogens is 1. The number of benzene rings is 2. The van der Waals surface area contributed by atoms with E-state index in [-0.39, 0.29) is 80.8 Å². The van der Waals surface area contributed by atoms with Gasteiger partial charge >= 0.3 is 5.97 Å². The van der Waals surface area contributed by atoms with Crippen molar-refractivity contribution >= 4 is 99.6 Å². The van der Waals surface area contributed by atoms with Gasteiger partial charge in [0.25, 0.3) is 0 Å². The first kappa shape index (κ1) is 83.0. The zero-order valence-electron chi connectivity index (χ0n) is 57.9. The predicted molar refractivity (Wildman–Crippen MR) is 362 cm³/mol. The normalized spacial score (nSPS) is 14.2. The Hall–Kier alpha value is -10.2. The monoisotopic (exact) mass is 1390 g/mol. The lowest BCUT2D eigenvalue weighted by molar-refractivity contribution is -0.142. The molecule has 0 saturated heterocycles. The van der Waals surface area contributed by atoms with Crippen LogP contribution in [0.3, 0.4) is 0 Å². The fraction of sp³-hybridized carbons (Fsp3) is 0.561. The van der Waals surface area contributed by atoms with Crippen molar-refractivity contribution in [2.24, 2.45) is 35.1 Å². The van der Waals surface area contributed by atoms with Crippen LogP contribution >= 0.6 is 0 Å². The fourth-order valence-corrected chi connectivity index (χ4v) is 10.0. The van der Waals surface area contributed by atoms with Gasteiger partial charge in [-0.3, -0.25) is 67.1 Å². The summed E-state index contributed by atoms with van der Waals surface area (Å²) in [6.45, 7) is 15.8. The Labute approximate surface area is 574 Å². The number of nitrogens with one attached hydrogen (secondary N) is 14. The van der Waals surface area contributed by atoms with E-state index in [0.717, 1.165) is 16.5 Å². The van der Waals surface area contributed by atoms with Gasteiger partial charge in [0.2, 0.25) is 82.7 Å². The molecule has 0 bridgehead atoms. The largest absolute Gasteiger partial charge is 0.508 e. The number of hydrogen-bond donors (Lipinski definition) is 18. The maximum atomic E-state index is 14.2. The zero-order valence-corrected chi connectivity index (χ0v) is 57.9. The van der Waals surface area contributed by atoms with Crippen molar-refractivity contribution in [2.45, 2.75) is 188 Å². The van der Waals surface area contributed by atoms with Crippen molar-refractivity contribution in [3.05, 3.63) is 65.9 Å². The summed E-state index contributed by atoms with van der Waals surface area (Å²) in [6.07, 6.45) is 1.17. The minimum atomic E-state index is -1.49. The lowest BCUT2D eigenvalue weighted by Crippen LogP contribution is -2.60. The number of fused-ring (bicyclic) bond motifs is 1. The summed E-state index contributed by atoms with van der Waals surface area (Å²) < 4.78 is 0. The number of aromatic nitrogens is 1. The highest BCUT2D eigenvalue weighted by Crippen LogP contribution is 2.20. The van der Waals surface area contributed by atoms with E-state index in [0.29, 0.717) is 5.56 Å². The van der Waals surface area contributed by atoms with E-state index in [1.165, 1.54) is 45.0 Å². The summed E-state index contributed by atoms with van der Waals surface area (Å²) in [4.78, 5) is 201. The van der Waals surface area contributed by atoms with Gasteiger partial charge in [-0.2, -0.15) is 0 Å². The molecule has 0 spiro atoms. The third-order valence-electron chi connectivity index (χ3n) is 15.2. The molecule has 2 aromatic carbocycles. The summed E-state index contributed by atoms with van der Waals surface area (Å²) in [5, 5.41) is 53.0. The Morgan fingerprint density at radius 2 is 0.798 bits per heavy atom. The minimum Gasteiger partial charge on any atom is -0.508 e. The Kier molecular flexibility index (Phi) is 34.5. The van der Waals surface area contributed by atoms with Gasteiger partial charge < -0.3 is 95.8 Å². The van der Waals surface area contributed by atoms with Crippen LogP contribution < -0.4 is 80.6 Å². The number of carboxylic acids is 1. The number of primary amides is 1. The molecular formula is C66H100N16O17. The number of carboxylic acid groups (broad SMARTS) is 1. The molecule has 3 rings (SSSR count). The van der Waals surface area contributed by atoms with Crippen LogP contribution in [0.2, 0.25) is 0 Å². The number of carbonyl (C=O) groups is 15. The molecule has 1 heterocycles. The minimum absolute atomic E-state index is 0.0278. The molecule has 33 nitrogen and oxygen atoms in total. The van der Waals surface area contributed by atoms with Crippen LogP contribution in [0.4, 0.5) is 0 Å². The highest BCUT2D eigenvalue weighted by Gasteiger charge is 2.35. The second-order valence-electron chi connectivity index (χ2n) is 26.0. The second-order valence-corrected chi connectivity index (χ2v) is 26.0. The van der Waals surface area contributed by atoms with Crippen molar-refractivity contribution in [1.29, 1.82) is 0 Å². The number of rotatable bonds is 42. The van der Waals surface area contributed by atoms with Crippen LogP contribution in [-0.2, 0) is 84.8 Å². The first-order valence-electron chi connectivity index (χ1n) is 32.8. The van der Waals surface area contributed by atoms with E-state index < -0.39 is 175 Å². The number of aromatic hydroxyl groups is 1. The van der Waals surface area contributed by atoms with Crippen molar-refractivity contribution in [2.75, 3.05) is 26.2 Å². The van der Waals surface area contributed by atoms with E-state index in [4.69, 9.17) is 11.5 Å². The van der Waals surface area contributed by atoms with Crippen LogP contribution in [0.1, 0.15) is 126 Å². The highest BCUT2D eigenvalue weighted by molar-refractivity contribution is 5.99. The molecular weight excluding hydrogens is 1290 g/mol. The summed E-state index contributed by atoms with van der Waals surface area (Å²) in [5.74, 6) is -13.5. The van der Waals surface area contributed by atoms with E-state index in [1.54, 1.807) is 61.6 Å². The molecule has 0 aliphatic rings. The van der Waals surface area contributed by atoms with Crippen LogP contribution in [0.15, 0.2) is 54.7 Å². The average Bonchev–Trinajstić information content (AvgIpc) is 1.77. The number of para-hydroxylation sites is 1. The number of phenolic OH excluding ortho intramolecular Hbond substituents is 1.